The average Bonchev–Trinajstić information content (AvgIpc) is 2.38. The van der Waals surface area contributed by atoms with Crippen LogP contribution in [0.3, 0.4) is 0 Å². The maximum Gasteiger partial charge on any atom is 0.526 e. The van der Waals surface area contributed by atoms with Gasteiger partial charge in [-0.3, -0.25) is 0 Å². The van der Waals surface area contributed by atoms with Crippen LogP contribution in [0.5, 0.6) is 0 Å². The van der Waals surface area contributed by atoms with Gasteiger partial charge in [-0.1, -0.05) is 13.5 Å². The van der Waals surface area contributed by atoms with Gasteiger partial charge in [-0.2, -0.15) is 0 Å². The molecule has 0 aliphatic carbocycles. The third-order valence-corrected chi connectivity index (χ3v) is 6.84. The molecule has 0 heterocycles. The molecule has 5 nitrogen and oxygen atoms in total. The van der Waals surface area contributed by atoms with E-state index in [0.29, 0.717) is 6.61 Å². The van der Waals surface area contributed by atoms with Crippen LogP contribution in [0.25, 0.3) is 0 Å². The standard InChI is InChI=1S/C10H23O5Si2/c1-7-10(3)16(14-8-2)15-9-17(11-4,12-5)13-6/h3,7-9H2,1-2,4-6H3. The van der Waals surface area contributed by atoms with Gasteiger partial charge in [0.05, 0.1) is 0 Å². The van der Waals surface area contributed by atoms with Crippen molar-refractivity contribution >= 4 is 18.1 Å². The van der Waals surface area contributed by atoms with Crippen molar-refractivity contribution in [3.8, 4) is 0 Å². The van der Waals surface area contributed by atoms with Gasteiger partial charge in [-0.05, 0) is 18.5 Å². The maximum atomic E-state index is 5.74. The van der Waals surface area contributed by atoms with Gasteiger partial charge in [0.15, 0.2) is 0 Å². The molecule has 0 aromatic heterocycles. The molecule has 0 spiro atoms. The van der Waals surface area contributed by atoms with Gasteiger partial charge in [-0.25, -0.2) is 0 Å². The van der Waals surface area contributed by atoms with Gasteiger partial charge < -0.3 is 22.1 Å². The molecule has 0 bridgehead atoms. The highest BCUT2D eigenvalue weighted by Gasteiger charge is 2.40. The topological polar surface area (TPSA) is 46.2 Å². The van der Waals surface area contributed by atoms with E-state index in [0.717, 1.165) is 11.6 Å². The second kappa shape index (κ2) is 8.98. The Labute approximate surface area is 107 Å². The van der Waals surface area contributed by atoms with Crippen LogP contribution < -0.4 is 0 Å². The largest absolute Gasteiger partial charge is 0.526 e. The van der Waals surface area contributed by atoms with E-state index in [1.54, 1.807) is 21.3 Å². The Morgan fingerprint density at radius 3 is 1.94 bits per heavy atom. The molecule has 0 amide bonds. The highest BCUT2D eigenvalue weighted by atomic mass is 28.4. The number of hydrogen-bond acceptors (Lipinski definition) is 5. The summed E-state index contributed by atoms with van der Waals surface area (Å²) in [7, 11) is 0.508. The minimum Gasteiger partial charge on any atom is -0.390 e. The zero-order valence-electron chi connectivity index (χ0n) is 11.4. The first-order valence-electron chi connectivity index (χ1n) is 5.55. The van der Waals surface area contributed by atoms with Crippen molar-refractivity contribution in [1.82, 2.24) is 0 Å². The van der Waals surface area contributed by atoms with Crippen molar-refractivity contribution in [3.05, 3.63) is 11.8 Å². The monoisotopic (exact) mass is 279 g/mol. The second-order valence-corrected chi connectivity index (χ2v) is 8.00. The maximum absolute atomic E-state index is 5.74. The fourth-order valence-corrected chi connectivity index (χ4v) is 4.23. The minimum absolute atomic E-state index is 0.282. The molecule has 0 aliphatic rings. The number of hydrogen-bond donors (Lipinski definition) is 0. The van der Waals surface area contributed by atoms with Crippen LogP contribution in [0.2, 0.25) is 0 Å². The predicted molar refractivity (Wildman–Crippen MR) is 69.5 cm³/mol. The van der Waals surface area contributed by atoms with Crippen molar-refractivity contribution in [3.63, 3.8) is 0 Å². The van der Waals surface area contributed by atoms with E-state index in [9.17, 15) is 0 Å². The third kappa shape index (κ3) is 5.43. The molecule has 101 valence electrons. The summed E-state index contributed by atoms with van der Waals surface area (Å²) in [5.41, 5.74) is 0. The highest BCUT2D eigenvalue weighted by Crippen LogP contribution is 2.11. The van der Waals surface area contributed by atoms with Crippen LogP contribution in [-0.2, 0) is 22.1 Å². The summed E-state index contributed by atoms with van der Waals surface area (Å²) in [5.74, 6) is 0. The van der Waals surface area contributed by atoms with Crippen molar-refractivity contribution in [2.45, 2.75) is 20.3 Å². The fourth-order valence-electron chi connectivity index (χ4n) is 1.10. The lowest BCUT2D eigenvalue weighted by atomic mass is 10.5. The van der Waals surface area contributed by atoms with Crippen molar-refractivity contribution in [1.29, 1.82) is 0 Å². The van der Waals surface area contributed by atoms with E-state index in [1.807, 2.05) is 13.8 Å². The molecular formula is C10H23O5Si2. The normalized spacial score (nSPS) is 12.1. The Bertz CT molecular complexity index is 212. The zero-order chi connectivity index (χ0) is 13.3. The lowest BCUT2D eigenvalue weighted by molar-refractivity contribution is 0.0926. The van der Waals surface area contributed by atoms with Crippen LogP contribution in [0, 0.1) is 0 Å². The van der Waals surface area contributed by atoms with Crippen LogP contribution in [0.1, 0.15) is 20.3 Å². The summed E-state index contributed by atoms with van der Waals surface area (Å²) >= 11 is 0. The summed E-state index contributed by atoms with van der Waals surface area (Å²) < 4.78 is 27.1. The van der Waals surface area contributed by atoms with Gasteiger partial charge in [0, 0.05) is 27.9 Å². The summed E-state index contributed by atoms with van der Waals surface area (Å²) in [6.45, 7) is 8.53. The van der Waals surface area contributed by atoms with E-state index in [1.165, 1.54) is 0 Å². The SMILES string of the molecule is C=C(CC)[Si](OCC)OC[Si](OC)(OC)OC. The molecule has 0 aliphatic heterocycles. The molecule has 0 unspecified atom stereocenters. The zero-order valence-corrected chi connectivity index (χ0v) is 13.4. The number of allylic oxidation sites excluding steroid dienone is 1. The molecule has 0 aromatic rings. The van der Waals surface area contributed by atoms with E-state index >= 15 is 0 Å². The minimum atomic E-state index is -2.69. The Hall–Kier alpha value is -0.0262. The lowest BCUT2D eigenvalue weighted by Crippen LogP contribution is -2.50. The molecule has 1 radical (unpaired) electrons. The lowest BCUT2D eigenvalue weighted by Gasteiger charge is -2.26. The summed E-state index contributed by atoms with van der Waals surface area (Å²) in [5, 5.41) is 0.989. The Balaban J connectivity index is 4.41. The molecule has 0 rings (SSSR count). The Kier molecular flexibility index (Phi) is 8.96. The first-order valence-corrected chi connectivity index (χ1v) is 8.80. The summed E-state index contributed by atoms with van der Waals surface area (Å²) in [6.07, 6.45) is 1.12. The van der Waals surface area contributed by atoms with Gasteiger partial charge in [0.25, 0.3) is 0 Å². The van der Waals surface area contributed by atoms with E-state index in [-0.39, 0.29) is 6.23 Å². The van der Waals surface area contributed by atoms with Gasteiger partial charge >= 0.3 is 18.1 Å². The molecule has 0 saturated heterocycles. The second-order valence-electron chi connectivity index (χ2n) is 3.26. The first kappa shape index (κ1) is 17.0. The molecule has 0 saturated carbocycles. The molecule has 0 atom stereocenters. The molecule has 17 heavy (non-hydrogen) atoms. The fraction of sp³-hybridized carbons (Fsp3) is 0.800. The summed E-state index contributed by atoms with van der Waals surface area (Å²) in [6, 6.07) is 0. The quantitative estimate of drug-likeness (QED) is 0.566. The van der Waals surface area contributed by atoms with E-state index in [2.05, 4.69) is 6.58 Å². The van der Waals surface area contributed by atoms with E-state index in [4.69, 9.17) is 22.1 Å². The van der Waals surface area contributed by atoms with Crippen LogP contribution in [0.15, 0.2) is 11.8 Å². The number of rotatable bonds is 10. The molecule has 0 fully saturated rings. The Morgan fingerprint density at radius 2 is 1.59 bits per heavy atom. The third-order valence-electron chi connectivity index (χ3n) is 2.30. The Morgan fingerprint density at radius 1 is 1.06 bits per heavy atom. The summed E-state index contributed by atoms with van der Waals surface area (Å²) in [4.78, 5) is 0. The van der Waals surface area contributed by atoms with Gasteiger partial charge in [-0.15, -0.1) is 0 Å². The average molecular weight is 279 g/mol. The van der Waals surface area contributed by atoms with Crippen LogP contribution in [0.4, 0.5) is 0 Å². The van der Waals surface area contributed by atoms with Gasteiger partial charge in [0.2, 0.25) is 0 Å². The van der Waals surface area contributed by atoms with Crippen LogP contribution in [-0.4, -0.2) is 52.3 Å². The molecule has 7 heteroatoms. The smallest absolute Gasteiger partial charge is 0.390 e. The van der Waals surface area contributed by atoms with Crippen molar-refractivity contribution in [2.24, 2.45) is 0 Å². The van der Waals surface area contributed by atoms with E-state index < -0.39 is 18.1 Å². The molecular weight excluding hydrogens is 256 g/mol. The van der Waals surface area contributed by atoms with Gasteiger partial charge in [0.1, 0.15) is 6.23 Å². The van der Waals surface area contributed by atoms with Crippen molar-refractivity contribution < 1.29 is 22.1 Å². The predicted octanol–water partition coefficient (Wildman–Crippen LogP) is 1.45. The highest BCUT2D eigenvalue weighted by molar-refractivity contribution is 6.62. The first-order chi connectivity index (χ1) is 8.09. The van der Waals surface area contributed by atoms with Crippen molar-refractivity contribution in [2.75, 3.05) is 34.2 Å². The van der Waals surface area contributed by atoms with Crippen LogP contribution >= 0.6 is 0 Å². The molecule has 0 N–H and O–H groups in total. The molecule has 0 aromatic carbocycles.